The maximum absolute atomic E-state index is 1.90. The molecule has 0 bridgehead atoms. The largest absolute Gasteiger partial charge is 0.0458 e. The van der Waals surface area contributed by atoms with Crippen molar-refractivity contribution in [3.8, 4) is 0 Å². The molecule has 0 aromatic carbocycles. The van der Waals surface area contributed by atoms with Crippen molar-refractivity contribution in [1.82, 2.24) is 0 Å². The first-order chi connectivity index (χ1) is 23.9. The van der Waals surface area contributed by atoms with Crippen LogP contribution >= 0.6 is 0 Å². The van der Waals surface area contributed by atoms with E-state index in [0.717, 1.165) is 130 Å². The maximum atomic E-state index is 1.90. The molecule has 36 aliphatic rings. The summed E-state index contributed by atoms with van der Waals surface area (Å²) in [7, 11) is 0. The predicted molar refractivity (Wildman–Crippen MR) is 145 cm³/mol. The van der Waals surface area contributed by atoms with E-state index in [1.807, 2.05) is 25.7 Å². The molecule has 0 aromatic rings. The molecule has 0 nitrogen and oxygen atoms in total. The molecule has 0 saturated heterocycles. The highest BCUT2D eigenvalue weighted by Crippen LogP contribution is 3.75. The van der Waals surface area contributed by atoms with Crippen LogP contribution in [0.25, 0.3) is 0 Å². The summed E-state index contributed by atoms with van der Waals surface area (Å²) in [4.78, 5) is 0. The lowest BCUT2D eigenvalue weighted by Crippen LogP contribution is -3.71. The third-order valence-electron chi connectivity index (χ3n) is 43.1. The van der Waals surface area contributed by atoms with Gasteiger partial charge in [0.05, 0.1) is 0 Å². The van der Waals surface area contributed by atoms with Gasteiger partial charge < -0.3 is 0 Å². The Bertz CT molecular complexity index is 3050. The average Bonchev–Trinajstić information content (AvgIpc) is 2.93. The molecular formula is C48H26. The molecule has 0 N–H and O–H groups in total. The van der Waals surface area contributed by atoms with Gasteiger partial charge in [0.1, 0.15) is 0 Å². The fourth-order valence-electron chi connectivity index (χ4n) is 55.8. The van der Waals surface area contributed by atoms with Crippen molar-refractivity contribution < 1.29 is 0 Å². The molecule has 218 valence electrons. The van der Waals surface area contributed by atoms with Gasteiger partial charge in [0.2, 0.25) is 0 Å². The van der Waals surface area contributed by atoms with Crippen LogP contribution in [0.2, 0.25) is 0 Å². The lowest BCUT2D eigenvalue weighted by molar-refractivity contribution is -1.27. The van der Waals surface area contributed by atoms with E-state index in [4.69, 9.17) is 0 Å². The molecule has 36 rings (SSSR count). The summed E-state index contributed by atoms with van der Waals surface area (Å²) in [5, 5.41) is 0. The van der Waals surface area contributed by atoms with Gasteiger partial charge in [0.25, 0.3) is 0 Å². The normalized spacial score (nSPS) is 146. The second-order valence-electron chi connectivity index (χ2n) is 31.6. The Morgan fingerprint density at radius 1 is 0.229 bits per heavy atom. The zero-order valence-corrected chi connectivity index (χ0v) is 26.2. The number of rotatable bonds is 0. The van der Waals surface area contributed by atoms with Gasteiger partial charge in [0, 0.05) is 0 Å². The molecule has 0 aromatic heterocycles. The highest BCUT2D eigenvalue weighted by atomic mass is 15.8. The van der Waals surface area contributed by atoms with Gasteiger partial charge >= 0.3 is 0 Å². The van der Waals surface area contributed by atoms with Crippen LogP contribution in [0.15, 0.2) is 0 Å². The van der Waals surface area contributed by atoms with Crippen LogP contribution in [0.1, 0.15) is 25.7 Å². The molecule has 0 heterocycles. The summed E-state index contributed by atoms with van der Waals surface area (Å²) in [6.07, 6.45) is 7.50. The quantitative estimate of drug-likeness (QED) is 0.396. The van der Waals surface area contributed by atoms with E-state index < -0.39 is 0 Å². The number of fused-ring (bicyclic) bond motifs is 11. The standard InChI is InChI=1S/C48H26/c1-5-13-15-9-3-11-25(9)33(15)29(13)23(5)7(1)17-19-20-18-8-2-6-14-16-10-4-12-26(10)34(16)30(14)24(6,8)32(18)36(20)35(19)31(17,23)41(29)43(33)39(25)27(11)21-22-28(12,27)40(26)38(22)37(21,39)47(43)45(35,41)46(36)42(30,32)44(34,40)48(38,46)47/h5-22H,1-4H2. The van der Waals surface area contributed by atoms with Crippen LogP contribution in [0, 0.1) is 247 Å². The first kappa shape index (κ1) is 15.4. The Kier molecular flexibility index (Phi) is 0.696. The zero-order chi connectivity index (χ0) is 26.2. The lowest BCUT2D eigenvalue weighted by atomic mass is 8.30. The van der Waals surface area contributed by atoms with Crippen molar-refractivity contribution in [3.63, 3.8) is 0 Å². The first-order valence-electron chi connectivity index (χ1n) is 23.9. The summed E-state index contributed by atoms with van der Waals surface area (Å²) in [6.45, 7) is 0. The predicted octanol–water partition coefficient (Wildman–Crippen LogP) is 3.77. The molecule has 26 spiro atoms. The molecule has 0 radical (unpaired) electrons. The van der Waals surface area contributed by atoms with Gasteiger partial charge in [-0.25, -0.2) is 0 Å². The van der Waals surface area contributed by atoms with Crippen molar-refractivity contribution in [2.75, 3.05) is 0 Å². The van der Waals surface area contributed by atoms with Crippen LogP contribution in [-0.2, 0) is 0 Å². The molecule has 36 fully saturated rings. The van der Waals surface area contributed by atoms with Crippen molar-refractivity contribution >= 4 is 0 Å². The van der Waals surface area contributed by atoms with Crippen LogP contribution in [0.3, 0.4) is 0 Å². The molecule has 44 unspecified atom stereocenters. The smallest absolute Gasteiger partial charge is 0.000349 e. The lowest BCUT2D eigenvalue weighted by Gasteiger charge is -3.71. The Morgan fingerprint density at radius 2 is 0.562 bits per heavy atom. The molecule has 0 amide bonds. The summed E-state index contributed by atoms with van der Waals surface area (Å²) < 4.78 is 0. The van der Waals surface area contributed by atoms with Gasteiger partial charge in [-0.1, -0.05) is 0 Å². The highest BCUT2D eigenvalue weighted by molar-refractivity contribution is 6.18. The molecule has 36 saturated carbocycles. The number of hydrogen-bond acceptors (Lipinski definition) is 0. The third kappa shape index (κ3) is 0.292. The number of hydrogen-bond donors (Lipinski definition) is 0. The van der Waals surface area contributed by atoms with E-state index in [9.17, 15) is 0 Å². The summed E-state index contributed by atoms with van der Waals surface area (Å²) in [5.41, 5.74) is 29.7. The van der Waals surface area contributed by atoms with Crippen LogP contribution in [0.4, 0.5) is 0 Å². The molecular weight excluding hydrogens is 577 g/mol. The van der Waals surface area contributed by atoms with E-state index in [1.165, 1.54) is 117 Å². The third-order valence-corrected chi connectivity index (χ3v) is 43.1. The van der Waals surface area contributed by atoms with E-state index in [0.29, 0.717) is 0 Å². The van der Waals surface area contributed by atoms with Crippen LogP contribution < -0.4 is 0 Å². The Labute approximate surface area is 272 Å². The van der Waals surface area contributed by atoms with Gasteiger partial charge in [-0.15, -0.1) is 0 Å². The molecule has 0 aliphatic heterocycles. The van der Waals surface area contributed by atoms with Gasteiger partial charge in [-0.05, 0) is 273 Å². The molecule has 36 aliphatic carbocycles. The van der Waals surface area contributed by atoms with Crippen molar-refractivity contribution in [1.29, 1.82) is 0 Å². The average molecular weight is 603 g/mol. The fourth-order valence-corrected chi connectivity index (χ4v) is 55.8. The van der Waals surface area contributed by atoms with E-state index in [1.54, 1.807) is 0 Å². The minimum atomic E-state index is 1.11. The Morgan fingerprint density at radius 3 is 1.02 bits per heavy atom. The minimum Gasteiger partial charge on any atom is -0.0458 e. The molecule has 0 heteroatoms. The van der Waals surface area contributed by atoms with Gasteiger partial charge in [0.15, 0.2) is 0 Å². The summed E-state index contributed by atoms with van der Waals surface area (Å²) in [6, 6.07) is 0. The van der Waals surface area contributed by atoms with Gasteiger partial charge in [-0.2, -0.15) is 0 Å². The Balaban J connectivity index is 0.918. The van der Waals surface area contributed by atoms with E-state index in [2.05, 4.69) is 0 Å². The van der Waals surface area contributed by atoms with Crippen molar-refractivity contribution in [2.45, 2.75) is 25.7 Å². The topological polar surface area (TPSA) is 0 Å². The fraction of sp³-hybridized carbons (Fsp3) is 1.00. The maximum Gasteiger partial charge on any atom is -0.000349 e. The Hall–Kier alpha value is 0. The van der Waals surface area contributed by atoms with E-state index in [-0.39, 0.29) is 0 Å². The monoisotopic (exact) mass is 602 g/mol. The minimum absolute atomic E-state index is 1.11. The second-order valence-corrected chi connectivity index (χ2v) is 31.6. The van der Waals surface area contributed by atoms with Crippen molar-refractivity contribution in [3.05, 3.63) is 0 Å². The molecule has 48 heavy (non-hydrogen) atoms. The SMILES string of the molecule is C1C2C3C4C5CC6C78C9C%10C7%11C7CC%12C%13C%14C%15CC%16C%17C%18C%19C%20C1C21C32C43C56C84C95C%106C%118C%127C%137C%149C%15%16C%17%10C%18%11C%19%12C%201C21C34C52C%121C%111C9%10C78C612. The van der Waals surface area contributed by atoms with Crippen LogP contribution in [0.5, 0.6) is 0 Å². The zero-order valence-electron chi connectivity index (χ0n) is 26.2. The van der Waals surface area contributed by atoms with E-state index >= 15 is 0 Å². The molecule has 44 atom stereocenters. The highest BCUT2D eigenvalue weighted by Gasteiger charge is 3.74. The van der Waals surface area contributed by atoms with Crippen molar-refractivity contribution in [2.24, 2.45) is 247 Å². The first-order valence-corrected chi connectivity index (χ1v) is 23.9. The summed E-state index contributed by atoms with van der Waals surface area (Å²) in [5.74, 6) is 25.3. The summed E-state index contributed by atoms with van der Waals surface area (Å²) >= 11 is 0. The second kappa shape index (κ2) is 2.17. The van der Waals surface area contributed by atoms with Gasteiger partial charge in [-0.3, -0.25) is 0 Å². The van der Waals surface area contributed by atoms with Crippen LogP contribution in [-0.4, -0.2) is 0 Å².